The summed E-state index contributed by atoms with van der Waals surface area (Å²) in [6.45, 7) is 3.18. The van der Waals surface area contributed by atoms with Crippen LogP contribution in [0.5, 0.6) is 0 Å². The van der Waals surface area contributed by atoms with E-state index in [-0.39, 0.29) is 22.6 Å². The Morgan fingerprint density at radius 2 is 1.80 bits per heavy atom. The fourth-order valence-electron chi connectivity index (χ4n) is 3.07. The standard InChI is InChI=1S/C20H15F2N5O3/c1-11(2)27(20(30)24-13-6-3-5-12(9-13)19(28)29)16(10-23)18(25-26-27)17-14(21)7-4-8-15(17)22/h3-9,11H,1-2H3,(H-,24,28,29,30)/p+1. The molecule has 1 aliphatic heterocycles. The number of aromatic carboxylic acids is 1. The van der Waals surface area contributed by atoms with Crippen LogP contribution in [0.2, 0.25) is 0 Å². The van der Waals surface area contributed by atoms with E-state index in [2.05, 4.69) is 15.7 Å². The molecule has 0 saturated heterocycles. The van der Waals surface area contributed by atoms with Gasteiger partial charge in [0.2, 0.25) is 0 Å². The zero-order chi connectivity index (χ0) is 22.1. The number of allylic oxidation sites excluding steroid dienone is 1. The molecule has 2 aromatic rings. The number of quaternary nitrogens is 1. The van der Waals surface area contributed by atoms with E-state index in [4.69, 9.17) is 5.11 Å². The van der Waals surface area contributed by atoms with Crippen molar-refractivity contribution in [3.05, 3.63) is 70.9 Å². The smallest absolute Gasteiger partial charge is 0.455 e. The topological polar surface area (TPSA) is 115 Å². The number of nitrogens with zero attached hydrogens (tertiary/aromatic N) is 4. The second kappa shape index (κ2) is 7.81. The van der Waals surface area contributed by atoms with Crippen LogP contribution in [0.3, 0.4) is 0 Å². The molecule has 2 amide bonds. The van der Waals surface area contributed by atoms with Crippen LogP contribution in [0.4, 0.5) is 19.3 Å². The molecule has 30 heavy (non-hydrogen) atoms. The van der Waals surface area contributed by atoms with Gasteiger partial charge in [0, 0.05) is 10.9 Å². The number of amides is 2. The van der Waals surface area contributed by atoms with Gasteiger partial charge in [0.25, 0.3) is 5.70 Å². The lowest BCUT2D eigenvalue weighted by atomic mass is 10.1. The van der Waals surface area contributed by atoms with Crippen molar-refractivity contribution in [1.82, 2.24) is 0 Å². The van der Waals surface area contributed by atoms with Crippen LogP contribution in [0.15, 0.2) is 58.5 Å². The molecule has 1 aliphatic rings. The Labute approximate surface area is 169 Å². The summed E-state index contributed by atoms with van der Waals surface area (Å²) >= 11 is 0. The molecule has 0 radical (unpaired) electrons. The van der Waals surface area contributed by atoms with E-state index >= 15 is 0 Å². The second-order valence-corrected chi connectivity index (χ2v) is 6.69. The normalized spacial score (nSPS) is 17.9. The number of halogens is 2. The monoisotopic (exact) mass is 412 g/mol. The SMILES string of the molecule is CC(C)[N+]1(C(=O)Nc2cccc(C(=O)O)c2)N=NC(c2c(F)cccc2F)=C1C#N. The number of rotatable bonds is 4. The molecule has 0 bridgehead atoms. The first-order valence-electron chi connectivity index (χ1n) is 8.78. The molecule has 8 nitrogen and oxygen atoms in total. The Hall–Kier alpha value is -3.97. The fraction of sp³-hybridized carbons (Fsp3) is 0.150. The van der Waals surface area contributed by atoms with Gasteiger partial charge in [0.1, 0.15) is 17.7 Å². The molecule has 2 N–H and O–H groups in total. The molecule has 0 aromatic heterocycles. The van der Waals surface area contributed by atoms with Crippen LogP contribution in [-0.2, 0) is 0 Å². The predicted molar refractivity (Wildman–Crippen MR) is 102 cm³/mol. The average molecular weight is 412 g/mol. The number of carbonyl (C=O) groups excluding carboxylic acids is 1. The third-order valence-corrected chi connectivity index (χ3v) is 4.57. The second-order valence-electron chi connectivity index (χ2n) is 6.69. The van der Waals surface area contributed by atoms with Gasteiger partial charge in [0.05, 0.1) is 11.1 Å². The van der Waals surface area contributed by atoms with Crippen LogP contribution < -0.4 is 5.32 Å². The lowest BCUT2D eigenvalue weighted by molar-refractivity contribution is -0.835. The van der Waals surface area contributed by atoms with E-state index in [0.717, 1.165) is 12.1 Å². The van der Waals surface area contributed by atoms with Crippen LogP contribution in [0, 0.1) is 23.0 Å². The number of hydrogen-bond donors (Lipinski definition) is 2. The van der Waals surface area contributed by atoms with Crippen LogP contribution in [0.1, 0.15) is 29.8 Å². The first-order valence-corrected chi connectivity index (χ1v) is 8.78. The minimum atomic E-state index is -1.19. The summed E-state index contributed by atoms with van der Waals surface area (Å²) < 4.78 is 27.6. The number of nitrogens with one attached hydrogen (secondary N) is 1. The van der Waals surface area contributed by atoms with E-state index in [1.807, 2.05) is 6.07 Å². The van der Waals surface area contributed by atoms with Gasteiger partial charge in [-0.2, -0.15) is 5.26 Å². The predicted octanol–water partition coefficient (Wildman–Crippen LogP) is 4.69. The molecule has 1 unspecified atom stereocenters. The number of benzene rings is 2. The maximum atomic E-state index is 14.3. The summed E-state index contributed by atoms with van der Waals surface area (Å²) in [6, 6.07) is 8.97. The summed E-state index contributed by atoms with van der Waals surface area (Å²) in [5.41, 5.74) is -1.20. The van der Waals surface area contributed by atoms with E-state index < -0.39 is 39.8 Å². The Morgan fingerprint density at radius 3 is 2.37 bits per heavy atom. The number of anilines is 1. The van der Waals surface area contributed by atoms with Gasteiger partial charge in [-0.05, 0) is 44.2 Å². The minimum absolute atomic E-state index is 0.0582. The highest BCUT2D eigenvalue weighted by molar-refractivity contribution is 5.92. The largest absolute Gasteiger partial charge is 0.478 e. The minimum Gasteiger partial charge on any atom is -0.478 e. The molecule has 0 saturated carbocycles. The number of hydrogen-bond acceptors (Lipinski definition) is 5. The number of carbonyl (C=O) groups is 2. The molecule has 152 valence electrons. The zero-order valence-corrected chi connectivity index (χ0v) is 15.9. The highest BCUT2D eigenvalue weighted by atomic mass is 19.1. The third-order valence-electron chi connectivity index (χ3n) is 4.57. The molecule has 10 heteroatoms. The van der Waals surface area contributed by atoms with Crippen LogP contribution in [-0.4, -0.2) is 27.7 Å². The molecule has 2 aromatic carbocycles. The van der Waals surface area contributed by atoms with E-state index in [0.29, 0.717) is 0 Å². The van der Waals surface area contributed by atoms with Gasteiger partial charge in [-0.25, -0.2) is 18.4 Å². The van der Waals surface area contributed by atoms with Crippen molar-refractivity contribution in [3.8, 4) is 6.07 Å². The van der Waals surface area contributed by atoms with Crippen molar-refractivity contribution in [2.75, 3.05) is 5.32 Å². The van der Waals surface area contributed by atoms with Crippen molar-refractivity contribution >= 4 is 23.4 Å². The van der Waals surface area contributed by atoms with Crippen molar-refractivity contribution < 1.29 is 28.1 Å². The fourth-order valence-corrected chi connectivity index (χ4v) is 3.07. The van der Waals surface area contributed by atoms with Gasteiger partial charge in [-0.3, -0.25) is 5.32 Å². The van der Waals surface area contributed by atoms with Gasteiger partial charge in [-0.15, -0.1) is 0 Å². The number of carboxylic acid groups (broad SMARTS) is 1. The molecule has 1 atom stereocenters. The van der Waals surface area contributed by atoms with Gasteiger partial charge in [0.15, 0.2) is 11.8 Å². The first kappa shape index (κ1) is 20.8. The number of urea groups is 1. The number of carboxylic acids is 1. The maximum Gasteiger partial charge on any atom is 0.455 e. The third kappa shape index (κ3) is 3.31. The van der Waals surface area contributed by atoms with Crippen molar-refractivity contribution in [2.24, 2.45) is 10.3 Å². The van der Waals surface area contributed by atoms with Crippen molar-refractivity contribution in [1.29, 1.82) is 5.26 Å². The van der Waals surface area contributed by atoms with Crippen LogP contribution in [0.25, 0.3) is 5.70 Å². The molecular formula is C20H16F2N5O3+. The summed E-state index contributed by atoms with van der Waals surface area (Å²) in [7, 11) is 0. The quantitative estimate of drug-likeness (QED) is 0.709. The highest BCUT2D eigenvalue weighted by Gasteiger charge is 2.53. The lowest BCUT2D eigenvalue weighted by Crippen LogP contribution is -2.53. The van der Waals surface area contributed by atoms with Gasteiger partial charge >= 0.3 is 12.0 Å². The zero-order valence-electron chi connectivity index (χ0n) is 15.9. The summed E-state index contributed by atoms with van der Waals surface area (Å²) in [5, 5.41) is 29.1. The molecule has 0 fully saturated rings. The summed E-state index contributed by atoms with van der Waals surface area (Å²) in [4.78, 5) is 24.3. The van der Waals surface area contributed by atoms with E-state index in [1.54, 1.807) is 13.8 Å². The maximum absolute atomic E-state index is 14.3. The van der Waals surface area contributed by atoms with E-state index in [9.17, 15) is 23.6 Å². The van der Waals surface area contributed by atoms with Crippen LogP contribution >= 0.6 is 0 Å². The molecule has 3 rings (SSSR count). The van der Waals surface area contributed by atoms with Gasteiger partial charge < -0.3 is 5.11 Å². The molecule has 0 spiro atoms. The Balaban J connectivity index is 2.11. The van der Waals surface area contributed by atoms with Gasteiger partial charge in [-0.1, -0.05) is 21.8 Å². The molecule has 0 aliphatic carbocycles. The Bertz CT molecular complexity index is 1130. The molecule has 1 heterocycles. The highest BCUT2D eigenvalue weighted by Crippen LogP contribution is 2.40. The van der Waals surface area contributed by atoms with E-state index in [1.165, 1.54) is 30.3 Å². The Kier molecular flexibility index (Phi) is 5.40. The average Bonchev–Trinajstić information content (AvgIpc) is 3.08. The Morgan fingerprint density at radius 1 is 1.17 bits per heavy atom. The summed E-state index contributed by atoms with van der Waals surface area (Å²) in [6.07, 6.45) is 0. The lowest BCUT2D eigenvalue weighted by Gasteiger charge is -2.27. The van der Waals surface area contributed by atoms with Crippen molar-refractivity contribution in [3.63, 3.8) is 0 Å². The summed E-state index contributed by atoms with van der Waals surface area (Å²) in [5.74, 6) is -3.08. The van der Waals surface area contributed by atoms with Crippen molar-refractivity contribution in [2.45, 2.75) is 19.9 Å². The molecular weight excluding hydrogens is 396 g/mol. The number of nitriles is 1. The first-order chi connectivity index (χ1) is 14.2.